The fourth-order valence-electron chi connectivity index (χ4n) is 4.24. The Kier molecular flexibility index (Phi) is 5.67. The molecule has 2 fully saturated rings. The minimum atomic E-state index is 0.112. The van der Waals surface area contributed by atoms with Gasteiger partial charge in [0.1, 0.15) is 38.5 Å². The smallest absolute Gasteiger partial charge is 0.280 e. The van der Waals surface area contributed by atoms with E-state index < -0.39 is 0 Å². The monoisotopic (exact) mass is 375 g/mol. The van der Waals surface area contributed by atoms with Crippen LogP contribution in [0.3, 0.4) is 0 Å². The highest BCUT2D eigenvalue weighted by Crippen LogP contribution is 2.31. The molecule has 0 atom stereocenters. The summed E-state index contributed by atoms with van der Waals surface area (Å²) in [4.78, 5) is 17.0. The van der Waals surface area contributed by atoms with Gasteiger partial charge < -0.3 is 15.1 Å². The number of quaternary nitrogens is 2. The second-order valence-corrected chi connectivity index (χ2v) is 8.61. The van der Waals surface area contributed by atoms with Gasteiger partial charge in [0.05, 0.1) is 17.1 Å². The molecule has 6 nitrogen and oxygen atoms in total. The summed E-state index contributed by atoms with van der Waals surface area (Å²) in [6.07, 6.45) is 6.67. The van der Waals surface area contributed by atoms with Gasteiger partial charge in [0, 0.05) is 6.07 Å². The predicted molar refractivity (Wildman–Crippen MR) is 103 cm³/mol. The number of nitrogens with zero attached hydrogens (tertiary/aromatic N) is 2. The van der Waals surface area contributed by atoms with E-state index in [1.807, 2.05) is 22.1 Å². The normalized spacial score (nSPS) is 24.0. The largest absolute Gasteiger partial charge is 0.321 e. The molecule has 0 spiro atoms. The first-order chi connectivity index (χ1) is 12.8. The predicted octanol–water partition coefficient (Wildman–Crippen LogP) is -0.0182. The lowest BCUT2D eigenvalue weighted by molar-refractivity contribution is -1.01. The van der Waals surface area contributed by atoms with Gasteiger partial charge in [0.15, 0.2) is 6.54 Å². The van der Waals surface area contributed by atoms with Crippen LogP contribution in [-0.2, 0) is 11.3 Å². The van der Waals surface area contributed by atoms with Gasteiger partial charge >= 0.3 is 0 Å². The fraction of sp³-hybridized carbons (Fsp3) is 0.579. The number of thiophene rings is 1. The molecule has 7 heteroatoms. The lowest BCUT2D eigenvalue weighted by Crippen LogP contribution is -3.28. The Morgan fingerprint density at radius 3 is 2.69 bits per heavy atom. The molecule has 1 saturated heterocycles. The van der Waals surface area contributed by atoms with Gasteiger partial charge in [-0.2, -0.15) is 5.10 Å². The average molecular weight is 376 g/mol. The highest BCUT2D eigenvalue weighted by Gasteiger charge is 2.26. The number of rotatable bonds is 6. The first-order valence-electron chi connectivity index (χ1n) is 9.81. The molecule has 3 heterocycles. The number of amides is 1. The van der Waals surface area contributed by atoms with E-state index in [0.717, 1.165) is 38.5 Å². The van der Waals surface area contributed by atoms with Crippen molar-refractivity contribution in [1.29, 1.82) is 0 Å². The minimum absolute atomic E-state index is 0.112. The maximum atomic E-state index is 12.5. The molecule has 2 aliphatic rings. The maximum absolute atomic E-state index is 12.5. The summed E-state index contributed by atoms with van der Waals surface area (Å²) in [5.41, 5.74) is 0. The molecule has 0 unspecified atom stereocenters. The third kappa shape index (κ3) is 4.34. The van der Waals surface area contributed by atoms with Crippen molar-refractivity contribution in [3.63, 3.8) is 0 Å². The van der Waals surface area contributed by atoms with Crippen LogP contribution in [0.25, 0.3) is 0 Å². The quantitative estimate of drug-likeness (QED) is 0.665. The first-order valence-corrected chi connectivity index (χ1v) is 10.7. The van der Waals surface area contributed by atoms with E-state index in [-0.39, 0.29) is 5.91 Å². The Morgan fingerprint density at radius 2 is 1.96 bits per heavy atom. The highest BCUT2D eigenvalue weighted by atomic mass is 32.1. The van der Waals surface area contributed by atoms with E-state index in [0.29, 0.717) is 12.6 Å². The summed E-state index contributed by atoms with van der Waals surface area (Å²) in [5.74, 6) is 0.977. The van der Waals surface area contributed by atoms with Crippen molar-refractivity contribution in [2.75, 3.05) is 38.0 Å². The zero-order valence-electron chi connectivity index (χ0n) is 15.2. The Labute approximate surface area is 158 Å². The fourth-order valence-corrected chi connectivity index (χ4v) is 5.01. The van der Waals surface area contributed by atoms with E-state index in [2.05, 4.69) is 27.9 Å². The van der Waals surface area contributed by atoms with Crippen LogP contribution in [0.15, 0.2) is 29.8 Å². The molecule has 140 valence electrons. The third-order valence-electron chi connectivity index (χ3n) is 5.69. The Morgan fingerprint density at radius 1 is 1.19 bits per heavy atom. The topological polar surface area (TPSA) is 55.8 Å². The lowest BCUT2D eigenvalue weighted by atomic mass is 10.2. The van der Waals surface area contributed by atoms with Crippen LogP contribution in [0, 0.1) is 0 Å². The second kappa shape index (κ2) is 8.33. The van der Waals surface area contributed by atoms with Crippen LogP contribution in [0.5, 0.6) is 0 Å². The van der Waals surface area contributed by atoms with E-state index in [9.17, 15) is 4.79 Å². The van der Waals surface area contributed by atoms with E-state index in [4.69, 9.17) is 0 Å². The molecule has 2 aromatic heterocycles. The van der Waals surface area contributed by atoms with Crippen molar-refractivity contribution in [3.8, 4) is 0 Å². The van der Waals surface area contributed by atoms with Crippen molar-refractivity contribution >= 4 is 23.1 Å². The summed E-state index contributed by atoms with van der Waals surface area (Å²) in [5, 5.41) is 9.68. The summed E-state index contributed by atoms with van der Waals surface area (Å²) in [6.45, 7) is 6.09. The summed E-state index contributed by atoms with van der Waals surface area (Å²) in [7, 11) is 0. The standard InChI is InChI=1S/C19H27N5OS/c25-19(21-18-7-8-20-24(18)16-4-1-2-5-16)15-23-11-9-22(10-12-23)14-17-6-3-13-26-17/h3,6-8,13,16H,1-2,4-5,9-12,14-15H2,(H,21,25)/p+2. The van der Waals surface area contributed by atoms with Crippen LogP contribution in [0.1, 0.15) is 36.6 Å². The second-order valence-electron chi connectivity index (χ2n) is 7.58. The lowest BCUT2D eigenvalue weighted by Gasteiger charge is -2.29. The SMILES string of the molecule is O=C(C[NH+]1CC[NH+](Cc2cccs2)CC1)Nc1ccnn1C1CCCC1. The third-order valence-corrected chi connectivity index (χ3v) is 6.56. The molecule has 26 heavy (non-hydrogen) atoms. The molecule has 0 bridgehead atoms. The van der Waals surface area contributed by atoms with Gasteiger partial charge in [0.25, 0.3) is 5.91 Å². The number of carbonyl (C=O) groups excluding carboxylic acids is 1. The van der Waals surface area contributed by atoms with Crippen LogP contribution < -0.4 is 15.1 Å². The Bertz CT molecular complexity index is 699. The highest BCUT2D eigenvalue weighted by molar-refractivity contribution is 7.09. The number of hydrogen-bond donors (Lipinski definition) is 3. The molecular formula is C19H29N5OS+2. The average Bonchev–Trinajstić information content (AvgIpc) is 3.38. The van der Waals surface area contributed by atoms with Crippen LogP contribution in [0.2, 0.25) is 0 Å². The van der Waals surface area contributed by atoms with Gasteiger partial charge in [-0.3, -0.25) is 4.79 Å². The molecule has 1 saturated carbocycles. The first kappa shape index (κ1) is 17.7. The van der Waals surface area contributed by atoms with Gasteiger partial charge in [-0.15, -0.1) is 11.3 Å². The number of carbonyl (C=O) groups is 1. The molecule has 2 aromatic rings. The number of hydrogen-bond acceptors (Lipinski definition) is 3. The summed E-state index contributed by atoms with van der Waals surface area (Å²) in [6, 6.07) is 6.73. The van der Waals surface area contributed by atoms with Crippen molar-refractivity contribution in [3.05, 3.63) is 34.7 Å². The summed E-state index contributed by atoms with van der Waals surface area (Å²) < 4.78 is 2.02. The molecule has 1 amide bonds. The molecular weight excluding hydrogens is 346 g/mol. The van der Waals surface area contributed by atoms with Gasteiger partial charge in [-0.25, -0.2) is 4.68 Å². The summed E-state index contributed by atoms with van der Waals surface area (Å²) >= 11 is 1.84. The van der Waals surface area contributed by atoms with E-state index in [1.54, 1.807) is 11.1 Å². The van der Waals surface area contributed by atoms with Crippen LogP contribution in [-0.4, -0.2) is 48.4 Å². The van der Waals surface area contributed by atoms with Crippen molar-refractivity contribution in [2.45, 2.75) is 38.3 Å². The number of piperazine rings is 1. The molecule has 4 rings (SSSR count). The number of anilines is 1. The van der Waals surface area contributed by atoms with Crippen LogP contribution >= 0.6 is 11.3 Å². The zero-order valence-corrected chi connectivity index (χ0v) is 16.1. The number of nitrogens with one attached hydrogen (secondary N) is 3. The molecule has 1 aliphatic carbocycles. The molecule has 3 N–H and O–H groups in total. The van der Waals surface area contributed by atoms with Gasteiger partial charge in [0.2, 0.25) is 0 Å². The number of aromatic nitrogens is 2. The molecule has 0 radical (unpaired) electrons. The molecule has 0 aromatic carbocycles. The van der Waals surface area contributed by atoms with Crippen molar-refractivity contribution in [1.82, 2.24) is 9.78 Å². The van der Waals surface area contributed by atoms with Crippen molar-refractivity contribution < 1.29 is 14.6 Å². The Balaban J connectivity index is 1.24. The van der Waals surface area contributed by atoms with E-state index >= 15 is 0 Å². The maximum Gasteiger partial charge on any atom is 0.280 e. The zero-order chi connectivity index (χ0) is 17.8. The van der Waals surface area contributed by atoms with Crippen LogP contribution in [0.4, 0.5) is 5.82 Å². The Hall–Kier alpha value is -1.70. The van der Waals surface area contributed by atoms with Crippen molar-refractivity contribution in [2.24, 2.45) is 0 Å². The van der Waals surface area contributed by atoms with E-state index in [1.165, 1.54) is 35.5 Å². The van der Waals surface area contributed by atoms with Gasteiger partial charge in [-0.05, 0) is 24.3 Å². The minimum Gasteiger partial charge on any atom is -0.321 e. The molecule has 1 aliphatic heterocycles. The van der Waals surface area contributed by atoms with Gasteiger partial charge in [-0.1, -0.05) is 18.9 Å².